The molecule has 0 unspecified atom stereocenters. The van der Waals surface area contributed by atoms with Gasteiger partial charge in [0.25, 0.3) is 10.0 Å². The first-order valence-electron chi connectivity index (χ1n) is 8.77. The van der Waals surface area contributed by atoms with Gasteiger partial charge in [0, 0.05) is 15.4 Å². The second-order valence-corrected chi connectivity index (χ2v) is 9.27. The smallest absolute Gasteiger partial charge is 0.233 e. The first-order chi connectivity index (χ1) is 13.4. The summed E-state index contributed by atoms with van der Waals surface area (Å²) in [4.78, 5) is 0.254. The molecule has 0 atom stereocenters. The van der Waals surface area contributed by atoms with E-state index in [1.54, 1.807) is 18.2 Å². The van der Waals surface area contributed by atoms with Crippen molar-refractivity contribution in [3.63, 3.8) is 0 Å². The maximum Gasteiger partial charge on any atom is 0.268 e. The van der Waals surface area contributed by atoms with Gasteiger partial charge in [-0.2, -0.15) is 0 Å². The van der Waals surface area contributed by atoms with Crippen LogP contribution >= 0.6 is 15.9 Å². The van der Waals surface area contributed by atoms with Crippen LogP contribution in [0.25, 0.3) is 28.1 Å². The molecule has 0 amide bonds. The zero-order chi connectivity index (χ0) is 19.9. The molecular formula is C23H18BrNO2S. The minimum absolute atomic E-state index is 0.254. The third-order valence-electron chi connectivity index (χ3n) is 4.75. The Kier molecular flexibility index (Phi) is 4.73. The fraction of sp³-hybridized carbons (Fsp3) is 0.0435. The van der Waals surface area contributed by atoms with Gasteiger partial charge in [-0.25, -0.2) is 12.4 Å². The van der Waals surface area contributed by atoms with Crippen molar-refractivity contribution in [3.05, 3.63) is 95.1 Å². The van der Waals surface area contributed by atoms with E-state index in [1.165, 1.54) is 3.97 Å². The molecule has 140 valence electrons. The van der Waals surface area contributed by atoms with Gasteiger partial charge in [-0.1, -0.05) is 70.5 Å². The monoisotopic (exact) mass is 451 g/mol. The van der Waals surface area contributed by atoms with E-state index in [0.29, 0.717) is 11.2 Å². The molecular weight excluding hydrogens is 434 g/mol. The highest BCUT2D eigenvalue weighted by molar-refractivity contribution is 9.10. The summed E-state index contributed by atoms with van der Waals surface area (Å²) in [5.41, 5.74) is 4.00. The van der Waals surface area contributed by atoms with Crippen molar-refractivity contribution in [2.75, 3.05) is 0 Å². The predicted molar refractivity (Wildman–Crippen MR) is 119 cm³/mol. The van der Waals surface area contributed by atoms with Gasteiger partial charge >= 0.3 is 0 Å². The lowest BCUT2D eigenvalue weighted by Gasteiger charge is -2.11. The molecule has 0 fully saturated rings. The number of nitrogens with zero attached hydrogens (tertiary/aromatic N) is 1. The third-order valence-corrected chi connectivity index (χ3v) is 7.02. The van der Waals surface area contributed by atoms with E-state index in [1.807, 2.05) is 67.6 Å². The van der Waals surface area contributed by atoms with E-state index in [2.05, 4.69) is 22.5 Å². The largest absolute Gasteiger partial charge is 0.268 e. The molecule has 3 nitrogen and oxygen atoms in total. The van der Waals surface area contributed by atoms with Gasteiger partial charge < -0.3 is 0 Å². The molecule has 0 aliphatic rings. The number of benzene rings is 3. The molecule has 4 aromatic rings. The Bertz CT molecular complexity index is 1290. The van der Waals surface area contributed by atoms with Crippen molar-refractivity contribution in [2.45, 2.75) is 11.8 Å². The molecule has 0 saturated carbocycles. The normalized spacial score (nSPS) is 11.6. The van der Waals surface area contributed by atoms with Crippen molar-refractivity contribution < 1.29 is 8.42 Å². The Morgan fingerprint density at radius 1 is 0.929 bits per heavy atom. The Labute approximate surface area is 173 Å². The number of aryl methyl sites for hydroxylation is 1. The summed E-state index contributed by atoms with van der Waals surface area (Å²) in [6.45, 7) is 5.85. The van der Waals surface area contributed by atoms with E-state index in [4.69, 9.17) is 0 Å². The van der Waals surface area contributed by atoms with Crippen molar-refractivity contribution in [2.24, 2.45) is 0 Å². The lowest BCUT2D eigenvalue weighted by atomic mass is 10.0. The molecule has 0 saturated heterocycles. The molecule has 5 heteroatoms. The van der Waals surface area contributed by atoms with Crippen LogP contribution in [0, 0.1) is 6.92 Å². The predicted octanol–water partition coefficient (Wildman–Crippen LogP) is 6.26. The number of hydrogen-bond acceptors (Lipinski definition) is 2. The fourth-order valence-electron chi connectivity index (χ4n) is 3.41. The van der Waals surface area contributed by atoms with Gasteiger partial charge in [0.2, 0.25) is 0 Å². The van der Waals surface area contributed by atoms with Gasteiger partial charge in [-0.15, -0.1) is 0 Å². The Hall–Kier alpha value is -2.63. The quantitative estimate of drug-likeness (QED) is 0.367. The molecule has 28 heavy (non-hydrogen) atoms. The molecule has 1 heterocycles. The number of hydrogen-bond donors (Lipinski definition) is 0. The molecule has 0 spiro atoms. The van der Waals surface area contributed by atoms with Crippen LogP contribution in [-0.2, 0) is 10.0 Å². The Morgan fingerprint density at radius 2 is 1.57 bits per heavy atom. The number of halogens is 1. The number of fused-ring (bicyclic) bond motifs is 1. The number of para-hydroxylation sites is 1. The second-order valence-electron chi connectivity index (χ2n) is 6.57. The zero-order valence-electron chi connectivity index (χ0n) is 15.3. The van der Waals surface area contributed by atoms with Crippen LogP contribution in [0.3, 0.4) is 0 Å². The second kappa shape index (κ2) is 7.08. The summed E-state index contributed by atoms with van der Waals surface area (Å²) >= 11 is 3.46. The Morgan fingerprint density at radius 3 is 2.21 bits per heavy atom. The van der Waals surface area contributed by atoms with Crippen molar-refractivity contribution in [3.8, 4) is 11.1 Å². The van der Waals surface area contributed by atoms with E-state index < -0.39 is 10.0 Å². The van der Waals surface area contributed by atoms with Crippen molar-refractivity contribution in [1.82, 2.24) is 3.97 Å². The molecule has 0 bridgehead atoms. The van der Waals surface area contributed by atoms with Crippen LogP contribution in [0.5, 0.6) is 0 Å². The van der Waals surface area contributed by atoms with Crippen molar-refractivity contribution >= 4 is 42.9 Å². The van der Waals surface area contributed by atoms with E-state index in [0.717, 1.165) is 26.5 Å². The minimum Gasteiger partial charge on any atom is -0.233 e. The Balaban J connectivity index is 2.09. The maximum absolute atomic E-state index is 13.5. The maximum atomic E-state index is 13.5. The topological polar surface area (TPSA) is 39.1 Å². The fourth-order valence-corrected chi connectivity index (χ4v) is 5.21. The van der Waals surface area contributed by atoms with Crippen molar-refractivity contribution in [1.29, 1.82) is 0 Å². The first kappa shape index (κ1) is 18.7. The van der Waals surface area contributed by atoms with Gasteiger partial charge in [0.05, 0.1) is 16.1 Å². The highest BCUT2D eigenvalue weighted by atomic mass is 79.9. The number of aromatic nitrogens is 1. The molecule has 0 aliphatic heterocycles. The molecule has 1 aromatic heterocycles. The summed E-state index contributed by atoms with van der Waals surface area (Å²) in [6.07, 6.45) is 1.61. The van der Waals surface area contributed by atoms with Gasteiger partial charge in [-0.05, 0) is 48.9 Å². The highest BCUT2D eigenvalue weighted by Crippen LogP contribution is 2.38. The van der Waals surface area contributed by atoms with Crippen LogP contribution in [0.1, 0.15) is 11.3 Å². The van der Waals surface area contributed by atoms with E-state index in [9.17, 15) is 8.42 Å². The molecule has 0 radical (unpaired) electrons. The summed E-state index contributed by atoms with van der Waals surface area (Å²) < 4.78 is 29.5. The van der Waals surface area contributed by atoms with Crippen LogP contribution in [0.15, 0.2) is 88.7 Å². The summed E-state index contributed by atoms with van der Waals surface area (Å²) in [7, 11) is -3.78. The van der Waals surface area contributed by atoms with Gasteiger partial charge in [-0.3, -0.25) is 0 Å². The SMILES string of the molecule is C=Cc1c(-c2ccc(Br)cc2)c2ccccc2n1S(=O)(=O)c1ccc(C)cc1. The average molecular weight is 452 g/mol. The van der Waals surface area contributed by atoms with Gasteiger partial charge in [0.1, 0.15) is 0 Å². The van der Waals surface area contributed by atoms with Crippen LogP contribution in [0.2, 0.25) is 0 Å². The summed E-state index contributed by atoms with van der Waals surface area (Å²) in [5, 5.41) is 0.871. The third kappa shape index (κ3) is 3.01. The summed E-state index contributed by atoms with van der Waals surface area (Å²) in [6, 6.07) is 22.3. The molecule has 0 N–H and O–H groups in total. The first-order valence-corrected chi connectivity index (χ1v) is 11.0. The standard InChI is InChI=1S/C23H18BrNO2S/c1-3-21-23(17-10-12-18(24)13-11-17)20-6-4-5-7-22(20)25(21)28(26,27)19-14-8-16(2)9-15-19/h3-15H,1H2,2H3. The summed E-state index contributed by atoms with van der Waals surface area (Å²) in [5.74, 6) is 0. The lowest BCUT2D eigenvalue weighted by Crippen LogP contribution is -2.14. The van der Waals surface area contributed by atoms with Crippen LogP contribution < -0.4 is 0 Å². The highest BCUT2D eigenvalue weighted by Gasteiger charge is 2.26. The van der Waals surface area contributed by atoms with E-state index >= 15 is 0 Å². The molecule has 4 rings (SSSR count). The molecule has 0 aliphatic carbocycles. The lowest BCUT2D eigenvalue weighted by molar-refractivity contribution is 0.589. The van der Waals surface area contributed by atoms with E-state index in [-0.39, 0.29) is 4.90 Å². The average Bonchev–Trinajstić information content (AvgIpc) is 3.04. The number of rotatable bonds is 4. The zero-order valence-corrected chi connectivity index (χ0v) is 17.7. The van der Waals surface area contributed by atoms with Gasteiger partial charge in [0.15, 0.2) is 0 Å². The molecule has 3 aromatic carbocycles. The van der Waals surface area contributed by atoms with Crippen LogP contribution in [-0.4, -0.2) is 12.4 Å². The minimum atomic E-state index is -3.78. The van der Waals surface area contributed by atoms with Crippen LogP contribution in [0.4, 0.5) is 0 Å².